The monoisotopic (exact) mass is 412 g/mol. The maximum absolute atomic E-state index is 10.4. The molecule has 5 nitrogen and oxygen atoms in total. The average Bonchev–Trinajstić information content (AvgIpc) is 2.79. The molecule has 0 amide bonds. The molecule has 3 aromatic carbocycles. The van der Waals surface area contributed by atoms with Gasteiger partial charge in [-0.3, -0.25) is 0 Å². The van der Waals surface area contributed by atoms with Crippen molar-refractivity contribution in [1.29, 1.82) is 5.26 Å². The highest BCUT2D eigenvalue weighted by Gasteiger charge is 2.42. The highest BCUT2D eigenvalue weighted by molar-refractivity contribution is 5.73. The molecule has 158 valence electrons. The molecule has 0 aromatic heterocycles. The molecule has 0 saturated heterocycles. The van der Waals surface area contributed by atoms with Crippen LogP contribution in [0.15, 0.2) is 66.7 Å². The predicted octanol–water partition coefficient (Wildman–Crippen LogP) is 4.68. The number of anilines is 3. The van der Waals surface area contributed by atoms with Gasteiger partial charge in [-0.05, 0) is 47.5 Å². The van der Waals surface area contributed by atoms with Crippen LogP contribution >= 0.6 is 0 Å². The lowest BCUT2D eigenvalue weighted by atomic mass is 9.83. The molecule has 3 aromatic rings. The second-order valence-corrected chi connectivity index (χ2v) is 8.38. The van der Waals surface area contributed by atoms with E-state index in [1.165, 1.54) is 0 Å². The van der Waals surface area contributed by atoms with Gasteiger partial charge >= 0.3 is 0 Å². The fourth-order valence-corrected chi connectivity index (χ4v) is 4.01. The second kappa shape index (κ2) is 7.98. The topological polar surface area (TPSA) is 42.7 Å². The number of nitrogens with zero attached hydrogens (tertiary/aromatic N) is 4. The lowest BCUT2D eigenvalue weighted by molar-refractivity contribution is 0.0176. The Bertz CT molecular complexity index is 1110. The SMILES string of the molecule is CN(C)c1ccc(-c2ccc3c(c2)C(C#N)(c2ccc(N(C)C)cc2)OCN3C)cc1. The maximum atomic E-state index is 10.4. The quantitative estimate of drug-likeness (QED) is 0.623. The summed E-state index contributed by atoms with van der Waals surface area (Å²) in [7, 11) is 10.1. The van der Waals surface area contributed by atoms with Crippen molar-refractivity contribution < 1.29 is 4.74 Å². The molecule has 0 aliphatic carbocycles. The van der Waals surface area contributed by atoms with E-state index in [0.29, 0.717) is 6.73 Å². The number of fused-ring (bicyclic) bond motifs is 1. The fourth-order valence-electron chi connectivity index (χ4n) is 4.01. The van der Waals surface area contributed by atoms with E-state index in [0.717, 1.165) is 39.3 Å². The number of ether oxygens (including phenoxy) is 1. The molecule has 1 atom stereocenters. The Morgan fingerprint density at radius 3 is 1.94 bits per heavy atom. The van der Waals surface area contributed by atoms with Gasteiger partial charge < -0.3 is 19.4 Å². The van der Waals surface area contributed by atoms with Crippen LogP contribution in [0.4, 0.5) is 17.1 Å². The van der Waals surface area contributed by atoms with Crippen LogP contribution in [0, 0.1) is 11.3 Å². The molecule has 4 rings (SSSR count). The van der Waals surface area contributed by atoms with Crippen LogP contribution in [0.2, 0.25) is 0 Å². The molecule has 0 saturated carbocycles. The van der Waals surface area contributed by atoms with Gasteiger partial charge in [-0.15, -0.1) is 0 Å². The Balaban J connectivity index is 1.83. The number of hydrogen-bond donors (Lipinski definition) is 0. The van der Waals surface area contributed by atoms with Gasteiger partial charge in [0.1, 0.15) is 12.8 Å². The fraction of sp³-hybridized carbons (Fsp3) is 0.269. The summed E-state index contributed by atoms with van der Waals surface area (Å²) >= 11 is 0. The van der Waals surface area contributed by atoms with E-state index in [1.807, 2.05) is 69.3 Å². The maximum Gasteiger partial charge on any atom is 0.209 e. The van der Waals surface area contributed by atoms with Crippen molar-refractivity contribution in [3.05, 3.63) is 77.9 Å². The number of benzene rings is 3. The van der Waals surface area contributed by atoms with E-state index in [1.54, 1.807) is 0 Å². The van der Waals surface area contributed by atoms with Crippen LogP contribution in [-0.2, 0) is 10.3 Å². The summed E-state index contributed by atoms with van der Waals surface area (Å²) in [5, 5.41) is 10.4. The lowest BCUT2D eigenvalue weighted by Gasteiger charge is -2.39. The zero-order chi connectivity index (χ0) is 22.2. The van der Waals surface area contributed by atoms with Crippen LogP contribution in [0.5, 0.6) is 0 Å². The van der Waals surface area contributed by atoms with E-state index in [2.05, 4.69) is 53.4 Å². The van der Waals surface area contributed by atoms with Gasteiger partial charge in [-0.2, -0.15) is 5.26 Å². The molecule has 0 spiro atoms. The Kier molecular flexibility index (Phi) is 5.34. The predicted molar refractivity (Wildman–Crippen MR) is 128 cm³/mol. The van der Waals surface area contributed by atoms with Gasteiger partial charge in [-0.25, -0.2) is 0 Å². The third-order valence-electron chi connectivity index (χ3n) is 5.93. The van der Waals surface area contributed by atoms with Crippen LogP contribution in [0.25, 0.3) is 11.1 Å². The van der Waals surface area contributed by atoms with E-state index >= 15 is 0 Å². The molecule has 0 N–H and O–H groups in total. The zero-order valence-electron chi connectivity index (χ0n) is 18.8. The Morgan fingerprint density at radius 2 is 1.39 bits per heavy atom. The molecule has 0 fully saturated rings. The molecule has 1 heterocycles. The molecule has 31 heavy (non-hydrogen) atoms. The van der Waals surface area contributed by atoms with E-state index in [9.17, 15) is 5.26 Å². The third kappa shape index (κ3) is 3.60. The van der Waals surface area contributed by atoms with Crippen LogP contribution in [0.3, 0.4) is 0 Å². The first-order valence-electron chi connectivity index (χ1n) is 10.3. The van der Waals surface area contributed by atoms with Crippen LogP contribution < -0.4 is 14.7 Å². The summed E-state index contributed by atoms with van der Waals surface area (Å²) in [6.45, 7) is 0.354. The van der Waals surface area contributed by atoms with Gasteiger partial charge in [-0.1, -0.05) is 30.3 Å². The molecule has 0 radical (unpaired) electrons. The third-order valence-corrected chi connectivity index (χ3v) is 5.93. The van der Waals surface area contributed by atoms with E-state index in [-0.39, 0.29) is 0 Å². The largest absolute Gasteiger partial charge is 0.378 e. The zero-order valence-corrected chi connectivity index (χ0v) is 18.8. The van der Waals surface area contributed by atoms with Crippen molar-refractivity contribution in [3.8, 4) is 17.2 Å². The highest BCUT2D eigenvalue weighted by Crippen LogP contribution is 2.44. The molecule has 0 bridgehead atoms. The summed E-state index contributed by atoms with van der Waals surface area (Å²) in [6, 6.07) is 25.3. The Hall–Kier alpha value is -3.49. The molecule has 5 heteroatoms. The standard InChI is InChI=1S/C26H28N4O/c1-28(2)22-11-6-19(7-12-22)20-8-15-25-24(16-20)26(17-27,31-18-30(25)5)21-9-13-23(14-10-21)29(3)4/h6-16H,18H2,1-5H3. The number of nitriles is 1. The summed E-state index contributed by atoms with van der Waals surface area (Å²) in [4.78, 5) is 6.16. The van der Waals surface area contributed by atoms with E-state index < -0.39 is 5.60 Å². The first kappa shape index (κ1) is 20.8. The first-order valence-corrected chi connectivity index (χ1v) is 10.3. The summed E-state index contributed by atoms with van der Waals surface area (Å²) in [6.07, 6.45) is 0. The van der Waals surface area contributed by atoms with Gasteiger partial charge in [0, 0.05) is 63.4 Å². The molecular weight excluding hydrogens is 384 g/mol. The van der Waals surface area contributed by atoms with Gasteiger partial charge in [0.2, 0.25) is 5.60 Å². The molecular formula is C26H28N4O. The van der Waals surface area contributed by atoms with Crippen molar-refractivity contribution >= 4 is 17.1 Å². The average molecular weight is 413 g/mol. The minimum Gasteiger partial charge on any atom is -0.378 e. The first-order chi connectivity index (χ1) is 14.9. The van der Waals surface area contributed by atoms with Gasteiger partial charge in [0.15, 0.2) is 0 Å². The molecule has 1 aliphatic heterocycles. The van der Waals surface area contributed by atoms with Crippen molar-refractivity contribution in [2.24, 2.45) is 0 Å². The minimum atomic E-state index is -1.15. The highest BCUT2D eigenvalue weighted by atomic mass is 16.5. The van der Waals surface area contributed by atoms with Crippen LogP contribution in [-0.4, -0.2) is 42.0 Å². The minimum absolute atomic E-state index is 0.354. The summed E-state index contributed by atoms with van der Waals surface area (Å²) < 4.78 is 6.23. The number of rotatable bonds is 4. The summed E-state index contributed by atoms with van der Waals surface area (Å²) in [5.74, 6) is 0. The van der Waals surface area contributed by atoms with Crippen molar-refractivity contribution in [2.45, 2.75) is 5.60 Å². The Labute approximate surface area is 184 Å². The normalized spacial score (nSPS) is 17.6. The van der Waals surface area contributed by atoms with Crippen molar-refractivity contribution in [3.63, 3.8) is 0 Å². The smallest absolute Gasteiger partial charge is 0.209 e. The van der Waals surface area contributed by atoms with Gasteiger partial charge in [0.05, 0.1) is 0 Å². The van der Waals surface area contributed by atoms with Crippen molar-refractivity contribution in [1.82, 2.24) is 0 Å². The van der Waals surface area contributed by atoms with Crippen molar-refractivity contribution in [2.75, 3.05) is 56.7 Å². The summed E-state index contributed by atoms with van der Waals surface area (Å²) in [5.41, 5.74) is 5.98. The Morgan fingerprint density at radius 1 is 0.839 bits per heavy atom. The number of hydrogen-bond acceptors (Lipinski definition) is 5. The van der Waals surface area contributed by atoms with Crippen LogP contribution in [0.1, 0.15) is 11.1 Å². The van der Waals surface area contributed by atoms with E-state index in [4.69, 9.17) is 4.74 Å². The molecule has 1 aliphatic rings. The molecule has 1 unspecified atom stereocenters. The van der Waals surface area contributed by atoms with Gasteiger partial charge in [0.25, 0.3) is 0 Å². The second-order valence-electron chi connectivity index (χ2n) is 8.38. The lowest BCUT2D eigenvalue weighted by Crippen LogP contribution is -2.41.